The van der Waals surface area contributed by atoms with Gasteiger partial charge in [0.05, 0.1) is 7.11 Å². The fourth-order valence-corrected chi connectivity index (χ4v) is 2.31. The smallest absolute Gasteiger partial charge is 0.223 e. The predicted octanol–water partition coefficient (Wildman–Crippen LogP) is 1.23. The third-order valence-electron chi connectivity index (χ3n) is 3.81. The Labute approximate surface area is 137 Å². The van der Waals surface area contributed by atoms with Crippen LogP contribution in [0.15, 0.2) is 29.3 Å². The van der Waals surface area contributed by atoms with E-state index in [0.717, 1.165) is 31.1 Å². The molecule has 1 amide bonds. The molecule has 1 saturated carbocycles. The van der Waals surface area contributed by atoms with Crippen molar-refractivity contribution in [3.63, 3.8) is 0 Å². The number of hydrogen-bond donors (Lipinski definition) is 2. The van der Waals surface area contributed by atoms with Gasteiger partial charge in [0.25, 0.3) is 0 Å². The van der Waals surface area contributed by atoms with Crippen molar-refractivity contribution in [2.75, 3.05) is 34.3 Å². The van der Waals surface area contributed by atoms with Crippen LogP contribution in [-0.2, 0) is 11.3 Å². The second kappa shape index (κ2) is 8.41. The summed E-state index contributed by atoms with van der Waals surface area (Å²) >= 11 is 0. The average Bonchev–Trinajstić information content (AvgIpc) is 3.40. The van der Waals surface area contributed by atoms with Crippen molar-refractivity contribution in [3.05, 3.63) is 29.8 Å². The number of rotatable bonds is 7. The standard InChI is InChI=1S/C17H26N4O2/c1-18-17(20-11-10-19-16(22)14-6-7-14)21(2)12-13-4-8-15(23-3)9-5-13/h4-5,8-9,14H,6-7,10-12H2,1-3H3,(H,18,20)(H,19,22). The quantitative estimate of drug-likeness (QED) is 0.451. The van der Waals surface area contributed by atoms with Crippen molar-refractivity contribution in [3.8, 4) is 5.75 Å². The lowest BCUT2D eigenvalue weighted by Gasteiger charge is -2.22. The first-order valence-electron chi connectivity index (χ1n) is 7.96. The van der Waals surface area contributed by atoms with Crippen LogP contribution >= 0.6 is 0 Å². The molecule has 0 spiro atoms. The molecule has 0 bridgehead atoms. The highest BCUT2D eigenvalue weighted by Crippen LogP contribution is 2.28. The van der Waals surface area contributed by atoms with Gasteiger partial charge in [-0.15, -0.1) is 0 Å². The number of nitrogens with zero attached hydrogens (tertiary/aromatic N) is 2. The Morgan fingerprint density at radius 2 is 1.91 bits per heavy atom. The van der Waals surface area contributed by atoms with Crippen LogP contribution in [0.25, 0.3) is 0 Å². The molecule has 0 atom stereocenters. The molecular formula is C17H26N4O2. The number of amides is 1. The van der Waals surface area contributed by atoms with Crippen LogP contribution in [0.2, 0.25) is 0 Å². The SMILES string of the molecule is CN=C(NCCNC(=O)C1CC1)N(C)Cc1ccc(OC)cc1. The fourth-order valence-electron chi connectivity index (χ4n) is 2.31. The van der Waals surface area contributed by atoms with Crippen LogP contribution in [0.1, 0.15) is 18.4 Å². The number of methoxy groups -OCH3 is 1. The van der Waals surface area contributed by atoms with Crippen LogP contribution < -0.4 is 15.4 Å². The lowest BCUT2D eigenvalue weighted by molar-refractivity contribution is -0.122. The molecule has 1 aliphatic carbocycles. The second-order valence-corrected chi connectivity index (χ2v) is 5.74. The maximum atomic E-state index is 11.6. The van der Waals surface area contributed by atoms with Crippen molar-refractivity contribution in [2.45, 2.75) is 19.4 Å². The van der Waals surface area contributed by atoms with Gasteiger partial charge in [0, 0.05) is 39.6 Å². The van der Waals surface area contributed by atoms with E-state index in [1.807, 2.05) is 36.2 Å². The molecule has 0 saturated heterocycles. The topological polar surface area (TPSA) is 66.0 Å². The maximum Gasteiger partial charge on any atom is 0.223 e. The summed E-state index contributed by atoms with van der Waals surface area (Å²) in [5.41, 5.74) is 1.18. The van der Waals surface area contributed by atoms with Crippen LogP contribution in [0.3, 0.4) is 0 Å². The third-order valence-corrected chi connectivity index (χ3v) is 3.81. The fraction of sp³-hybridized carbons (Fsp3) is 0.529. The Morgan fingerprint density at radius 1 is 1.26 bits per heavy atom. The summed E-state index contributed by atoms with van der Waals surface area (Å²) in [7, 11) is 5.41. The Bertz CT molecular complexity index is 538. The van der Waals surface area contributed by atoms with Crippen molar-refractivity contribution >= 4 is 11.9 Å². The first-order chi connectivity index (χ1) is 11.1. The Hall–Kier alpha value is -2.24. The lowest BCUT2D eigenvalue weighted by Crippen LogP contribution is -2.42. The highest BCUT2D eigenvalue weighted by Gasteiger charge is 2.28. The maximum absolute atomic E-state index is 11.6. The molecule has 0 aliphatic heterocycles. The van der Waals surface area contributed by atoms with Crippen molar-refractivity contribution < 1.29 is 9.53 Å². The predicted molar refractivity (Wildman–Crippen MR) is 91.6 cm³/mol. The van der Waals surface area contributed by atoms with E-state index in [2.05, 4.69) is 15.6 Å². The van der Waals surface area contributed by atoms with E-state index in [1.165, 1.54) is 5.56 Å². The van der Waals surface area contributed by atoms with E-state index in [1.54, 1.807) is 14.2 Å². The van der Waals surface area contributed by atoms with E-state index < -0.39 is 0 Å². The number of carbonyl (C=O) groups is 1. The molecule has 6 nitrogen and oxygen atoms in total. The molecule has 0 aromatic heterocycles. The molecule has 1 aromatic carbocycles. The number of ether oxygens (including phenoxy) is 1. The molecule has 126 valence electrons. The van der Waals surface area contributed by atoms with Gasteiger partial charge in [-0.1, -0.05) is 12.1 Å². The number of hydrogen-bond acceptors (Lipinski definition) is 3. The summed E-state index contributed by atoms with van der Waals surface area (Å²) in [6, 6.07) is 7.98. The monoisotopic (exact) mass is 318 g/mol. The number of benzene rings is 1. The summed E-state index contributed by atoms with van der Waals surface area (Å²) < 4.78 is 5.16. The molecule has 1 aromatic rings. The van der Waals surface area contributed by atoms with Crippen LogP contribution in [-0.4, -0.2) is 51.1 Å². The minimum absolute atomic E-state index is 0.174. The molecule has 0 unspecified atom stereocenters. The highest BCUT2D eigenvalue weighted by molar-refractivity contribution is 5.81. The van der Waals surface area contributed by atoms with Gasteiger partial charge >= 0.3 is 0 Å². The normalized spacial score (nSPS) is 14.3. The van der Waals surface area contributed by atoms with E-state index in [9.17, 15) is 4.79 Å². The average molecular weight is 318 g/mol. The third kappa shape index (κ3) is 5.47. The van der Waals surface area contributed by atoms with E-state index in [-0.39, 0.29) is 11.8 Å². The van der Waals surface area contributed by atoms with Gasteiger partial charge in [-0.3, -0.25) is 9.79 Å². The second-order valence-electron chi connectivity index (χ2n) is 5.74. The summed E-state index contributed by atoms with van der Waals surface area (Å²) in [6.07, 6.45) is 2.07. The van der Waals surface area contributed by atoms with Gasteiger partial charge in [-0.2, -0.15) is 0 Å². The molecule has 6 heteroatoms. The molecule has 0 radical (unpaired) electrons. The van der Waals surface area contributed by atoms with Crippen LogP contribution in [0.4, 0.5) is 0 Å². The van der Waals surface area contributed by atoms with Gasteiger partial charge in [0.2, 0.25) is 5.91 Å². The number of carbonyl (C=O) groups excluding carboxylic acids is 1. The summed E-state index contributed by atoms with van der Waals surface area (Å²) in [4.78, 5) is 17.9. The van der Waals surface area contributed by atoms with Crippen molar-refractivity contribution in [2.24, 2.45) is 10.9 Å². The first-order valence-corrected chi connectivity index (χ1v) is 7.96. The van der Waals surface area contributed by atoms with Gasteiger partial charge in [-0.25, -0.2) is 0 Å². The van der Waals surface area contributed by atoms with Gasteiger partial charge < -0.3 is 20.3 Å². The number of nitrogens with one attached hydrogen (secondary N) is 2. The summed E-state index contributed by atoms with van der Waals surface area (Å²) in [5.74, 6) is 2.09. The molecule has 0 heterocycles. The Balaban J connectivity index is 1.73. The van der Waals surface area contributed by atoms with E-state index >= 15 is 0 Å². The molecular weight excluding hydrogens is 292 g/mol. The van der Waals surface area contributed by atoms with Gasteiger partial charge in [0.15, 0.2) is 5.96 Å². The van der Waals surface area contributed by atoms with Crippen molar-refractivity contribution in [1.29, 1.82) is 0 Å². The summed E-state index contributed by atoms with van der Waals surface area (Å²) in [6.45, 7) is 2.03. The molecule has 1 fully saturated rings. The highest BCUT2D eigenvalue weighted by atomic mass is 16.5. The van der Waals surface area contributed by atoms with E-state index in [0.29, 0.717) is 13.1 Å². The van der Waals surface area contributed by atoms with Crippen LogP contribution in [0, 0.1) is 5.92 Å². The minimum Gasteiger partial charge on any atom is -0.497 e. The zero-order valence-electron chi connectivity index (χ0n) is 14.1. The minimum atomic E-state index is 0.174. The molecule has 1 aliphatic rings. The number of guanidine groups is 1. The zero-order chi connectivity index (χ0) is 16.7. The van der Waals surface area contributed by atoms with E-state index in [4.69, 9.17) is 4.74 Å². The van der Waals surface area contributed by atoms with Crippen molar-refractivity contribution in [1.82, 2.24) is 15.5 Å². The van der Waals surface area contributed by atoms with Gasteiger partial charge in [0.1, 0.15) is 5.75 Å². The Kier molecular flexibility index (Phi) is 6.26. The molecule has 2 rings (SSSR count). The largest absolute Gasteiger partial charge is 0.497 e. The summed E-state index contributed by atoms with van der Waals surface area (Å²) in [5, 5.41) is 6.20. The van der Waals surface area contributed by atoms with Crippen LogP contribution in [0.5, 0.6) is 5.75 Å². The zero-order valence-corrected chi connectivity index (χ0v) is 14.1. The Morgan fingerprint density at radius 3 is 2.48 bits per heavy atom. The molecule has 23 heavy (non-hydrogen) atoms. The first kappa shape index (κ1) is 17.1. The lowest BCUT2D eigenvalue weighted by atomic mass is 10.2. The number of aliphatic imine (C=N–C) groups is 1. The van der Waals surface area contributed by atoms with Gasteiger partial charge in [-0.05, 0) is 30.5 Å². The molecule has 2 N–H and O–H groups in total.